The van der Waals surface area contributed by atoms with Crippen molar-refractivity contribution < 1.29 is 9.90 Å². The van der Waals surface area contributed by atoms with E-state index in [1.807, 2.05) is 6.26 Å². The van der Waals surface area contributed by atoms with Gasteiger partial charge in [-0.15, -0.1) is 0 Å². The van der Waals surface area contributed by atoms with Gasteiger partial charge in [0.15, 0.2) is 0 Å². The van der Waals surface area contributed by atoms with Gasteiger partial charge in [-0.1, -0.05) is 0 Å². The fourth-order valence-electron chi connectivity index (χ4n) is 3.20. The molecule has 2 rings (SSSR count). The number of aliphatic hydroxyl groups is 1. The Morgan fingerprint density at radius 1 is 1.37 bits per heavy atom. The van der Waals surface area contributed by atoms with Gasteiger partial charge < -0.3 is 15.7 Å². The van der Waals surface area contributed by atoms with Gasteiger partial charge in [0, 0.05) is 18.2 Å². The van der Waals surface area contributed by atoms with Gasteiger partial charge in [-0.25, -0.2) is 0 Å². The summed E-state index contributed by atoms with van der Waals surface area (Å²) in [5.41, 5.74) is 0. The first-order valence-electron chi connectivity index (χ1n) is 7.37. The topological polar surface area (TPSA) is 61.4 Å². The summed E-state index contributed by atoms with van der Waals surface area (Å²) in [6, 6.07) is 0.278. The van der Waals surface area contributed by atoms with Gasteiger partial charge in [-0.05, 0) is 56.9 Å². The Labute approximate surface area is 120 Å². The summed E-state index contributed by atoms with van der Waals surface area (Å²) in [5, 5.41) is 16.1. The fraction of sp³-hybridized carbons (Fsp3) is 0.929. The van der Waals surface area contributed by atoms with Crippen molar-refractivity contribution in [3.8, 4) is 0 Å². The molecule has 1 aliphatic carbocycles. The Morgan fingerprint density at radius 3 is 2.63 bits per heavy atom. The molecule has 1 atom stereocenters. The Morgan fingerprint density at radius 2 is 2.05 bits per heavy atom. The molecule has 1 amide bonds. The quantitative estimate of drug-likeness (QED) is 0.681. The van der Waals surface area contributed by atoms with Crippen molar-refractivity contribution in [3.63, 3.8) is 0 Å². The normalized spacial score (nSPS) is 29.6. The second-order valence-electron chi connectivity index (χ2n) is 5.81. The standard InChI is InChI=1S/C14H26N2O2S/c1-19-7-4-13(18)16-14(11-8-12(17)9-11)10-2-5-15-6-3-10/h10-12,14-15,17H,2-9H2,1H3,(H,16,18). The van der Waals surface area contributed by atoms with Crippen molar-refractivity contribution in [1.82, 2.24) is 10.6 Å². The van der Waals surface area contributed by atoms with Crippen LogP contribution in [0.15, 0.2) is 0 Å². The monoisotopic (exact) mass is 286 g/mol. The molecule has 1 saturated carbocycles. The summed E-state index contributed by atoms with van der Waals surface area (Å²) < 4.78 is 0. The number of carbonyl (C=O) groups excluding carboxylic acids is 1. The highest BCUT2D eigenvalue weighted by molar-refractivity contribution is 7.98. The Hall–Kier alpha value is -0.260. The van der Waals surface area contributed by atoms with Gasteiger partial charge in [0.2, 0.25) is 5.91 Å². The van der Waals surface area contributed by atoms with Crippen LogP contribution >= 0.6 is 11.8 Å². The van der Waals surface area contributed by atoms with E-state index < -0.39 is 0 Å². The minimum atomic E-state index is -0.141. The van der Waals surface area contributed by atoms with E-state index in [9.17, 15) is 9.90 Å². The van der Waals surface area contributed by atoms with Crippen molar-refractivity contribution in [2.24, 2.45) is 11.8 Å². The SMILES string of the molecule is CSCCC(=O)NC(C1CCNCC1)C1CC(O)C1. The molecule has 19 heavy (non-hydrogen) atoms. The van der Waals surface area contributed by atoms with Crippen LogP contribution in [0.5, 0.6) is 0 Å². The first kappa shape index (κ1) is 15.1. The van der Waals surface area contributed by atoms with Crippen molar-refractivity contribution >= 4 is 17.7 Å². The maximum atomic E-state index is 12.0. The number of rotatable bonds is 6. The molecule has 0 spiro atoms. The first-order chi connectivity index (χ1) is 9.20. The maximum Gasteiger partial charge on any atom is 0.221 e. The lowest BCUT2D eigenvalue weighted by molar-refractivity contribution is -0.123. The number of hydrogen-bond donors (Lipinski definition) is 3. The molecule has 2 aliphatic rings. The van der Waals surface area contributed by atoms with Crippen LogP contribution in [-0.2, 0) is 4.79 Å². The molecule has 0 aromatic rings. The highest BCUT2D eigenvalue weighted by atomic mass is 32.2. The molecule has 110 valence electrons. The molecule has 0 aromatic carbocycles. The second kappa shape index (κ2) is 7.50. The number of hydrogen-bond acceptors (Lipinski definition) is 4. The van der Waals surface area contributed by atoms with Crippen LogP contribution in [-0.4, -0.2) is 48.3 Å². The largest absolute Gasteiger partial charge is 0.393 e. The number of amides is 1. The second-order valence-corrected chi connectivity index (χ2v) is 6.79. The van der Waals surface area contributed by atoms with Crippen LogP contribution in [0.1, 0.15) is 32.1 Å². The minimum absolute atomic E-state index is 0.141. The third-order valence-corrected chi connectivity index (χ3v) is 5.02. The number of aliphatic hydroxyl groups excluding tert-OH is 1. The summed E-state index contributed by atoms with van der Waals surface area (Å²) >= 11 is 1.71. The summed E-state index contributed by atoms with van der Waals surface area (Å²) in [5.74, 6) is 2.13. The molecular weight excluding hydrogens is 260 g/mol. The Bertz CT molecular complexity index is 289. The third-order valence-electron chi connectivity index (χ3n) is 4.41. The van der Waals surface area contributed by atoms with Gasteiger partial charge in [0.05, 0.1) is 6.10 Å². The van der Waals surface area contributed by atoms with Crippen LogP contribution in [0.3, 0.4) is 0 Å². The Kier molecular flexibility index (Phi) is 5.98. The van der Waals surface area contributed by atoms with Crippen molar-refractivity contribution in [3.05, 3.63) is 0 Å². The molecule has 1 aliphatic heterocycles. The molecule has 0 radical (unpaired) electrons. The van der Waals surface area contributed by atoms with Gasteiger partial charge in [-0.2, -0.15) is 11.8 Å². The highest BCUT2D eigenvalue weighted by Gasteiger charge is 2.38. The number of carbonyl (C=O) groups is 1. The predicted molar refractivity (Wildman–Crippen MR) is 79.3 cm³/mol. The molecule has 5 heteroatoms. The van der Waals surface area contributed by atoms with Crippen LogP contribution in [0, 0.1) is 11.8 Å². The van der Waals surface area contributed by atoms with Crippen LogP contribution in [0.25, 0.3) is 0 Å². The average molecular weight is 286 g/mol. The zero-order chi connectivity index (χ0) is 13.7. The zero-order valence-electron chi connectivity index (χ0n) is 11.7. The lowest BCUT2D eigenvalue weighted by Crippen LogP contribution is -2.52. The van der Waals surface area contributed by atoms with E-state index in [4.69, 9.17) is 0 Å². The van der Waals surface area contributed by atoms with E-state index in [2.05, 4.69) is 10.6 Å². The van der Waals surface area contributed by atoms with Crippen molar-refractivity contribution in [1.29, 1.82) is 0 Å². The first-order valence-corrected chi connectivity index (χ1v) is 8.77. The number of thioether (sulfide) groups is 1. The number of nitrogens with one attached hydrogen (secondary N) is 2. The predicted octanol–water partition coefficient (Wildman–Crippen LogP) is 0.995. The fourth-order valence-corrected chi connectivity index (χ4v) is 3.59. The van der Waals surface area contributed by atoms with Crippen molar-refractivity contribution in [2.45, 2.75) is 44.2 Å². The summed E-state index contributed by atoms with van der Waals surface area (Å²) in [6.45, 7) is 2.11. The molecule has 0 bridgehead atoms. The van der Waals surface area contributed by atoms with E-state index in [0.29, 0.717) is 18.3 Å². The summed E-state index contributed by atoms with van der Waals surface area (Å²) in [6.07, 6.45) is 6.49. The van der Waals surface area contributed by atoms with Gasteiger partial charge in [0.1, 0.15) is 0 Å². The average Bonchev–Trinajstić information content (AvgIpc) is 2.40. The summed E-state index contributed by atoms with van der Waals surface area (Å²) in [4.78, 5) is 12.0. The molecular formula is C14H26N2O2S. The van der Waals surface area contributed by atoms with Crippen LogP contribution < -0.4 is 10.6 Å². The van der Waals surface area contributed by atoms with E-state index in [1.165, 1.54) is 0 Å². The molecule has 1 saturated heterocycles. The van der Waals surface area contributed by atoms with Gasteiger partial charge in [0.25, 0.3) is 0 Å². The zero-order valence-corrected chi connectivity index (χ0v) is 12.5. The minimum Gasteiger partial charge on any atom is -0.393 e. The van der Waals surface area contributed by atoms with E-state index >= 15 is 0 Å². The summed E-state index contributed by atoms with van der Waals surface area (Å²) in [7, 11) is 0. The van der Waals surface area contributed by atoms with E-state index in [0.717, 1.165) is 44.5 Å². The molecule has 3 N–H and O–H groups in total. The smallest absolute Gasteiger partial charge is 0.221 e. The Balaban J connectivity index is 1.87. The maximum absolute atomic E-state index is 12.0. The third kappa shape index (κ3) is 4.36. The van der Waals surface area contributed by atoms with Crippen LogP contribution in [0.2, 0.25) is 0 Å². The highest BCUT2D eigenvalue weighted by Crippen LogP contribution is 2.35. The van der Waals surface area contributed by atoms with E-state index in [-0.39, 0.29) is 18.1 Å². The number of piperidine rings is 1. The molecule has 2 fully saturated rings. The van der Waals surface area contributed by atoms with Gasteiger partial charge >= 0.3 is 0 Å². The lowest BCUT2D eigenvalue weighted by Gasteiger charge is -2.43. The molecule has 0 aromatic heterocycles. The van der Waals surface area contributed by atoms with Gasteiger partial charge in [-0.3, -0.25) is 4.79 Å². The molecule has 4 nitrogen and oxygen atoms in total. The van der Waals surface area contributed by atoms with Crippen molar-refractivity contribution in [2.75, 3.05) is 25.1 Å². The lowest BCUT2D eigenvalue weighted by atomic mass is 9.71. The van der Waals surface area contributed by atoms with Crippen LogP contribution in [0.4, 0.5) is 0 Å². The molecule has 1 heterocycles. The van der Waals surface area contributed by atoms with E-state index in [1.54, 1.807) is 11.8 Å². The molecule has 1 unspecified atom stereocenters.